The third-order valence-corrected chi connectivity index (χ3v) is 3.30. The predicted molar refractivity (Wildman–Crippen MR) is 71.5 cm³/mol. The molecule has 2 aromatic heterocycles. The van der Waals surface area contributed by atoms with Gasteiger partial charge < -0.3 is 10.2 Å². The zero-order valence-corrected chi connectivity index (χ0v) is 10.6. The van der Waals surface area contributed by atoms with Gasteiger partial charge in [-0.05, 0) is 49.0 Å². The van der Waals surface area contributed by atoms with Crippen molar-refractivity contribution < 1.29 is 4.42 Å². The monoisotopic (exact) mass is 257 g/mol. The second-order valence-electron chi connectivity index (χ2n) is 3.94. The van der Waals surface area contributed by atoms with Gasteiger partial charge in [0.05, 0.1) is 0 Å². The highest BCUT2D eigenvalue weighted by Crippen LogP contribution is 2.30. The summed E-state index contributed by atoms with van der Waals surface area (Å²) in [5.41, 5.74) is 8.90. The summed E-state index contributed by atoms with van der Waals surface area (Å²) >= 11 is 1.47. The Morgan fingerprint density at radius 1 is 1.22 bits per heavy atom. The lowest BCUT2D eigenvalue weighted by molar-refractivity contribution is 0.489. The molecular formula is C13H11N3OS. The van der Waals surface area contributed by atoms with Crippen LogP contribution in [0.15, 0.2) is 51.1 Å². The lowest BCUT2D eigenvalue weighted by Crippen LogP contribution is -1.82. The fraction of sp³-hybridized carbons (Fsp3) is 0.0769. The molecule has 3 rings (SSSR count). The van der Waals surface area contributed by atoms with Crippen LogP contribution in [0.4, 0.5) is 5.69 Å². The van der Waals surface area contributed by atoms with Gasteiger partial charge in [0, 0.05) is 22.5 Å². The molecule has 0 fully saturated rings. The van der Waals surface area contributed by atoms with E-state index in [0.717, 1.165) is 21.7 Å². The molecule has 0 radical (unpaired) electrons. The third kappa shape index (κ3) is 2.17. The molecule has 2 N–H and O–H groups in total. The van der Waals surface area contributed by atoms with Gasteiger partial charge in [0.15, 0.2) is 5.58 Å². The van der Waals surface area contributed by atoms with E-state index in [1.54, 1.807) is 18.3 Å². The highest BCUT2D eigenvalue weighted by atomic mass is 32.2. The number of fused-ring (bicyclic) bond motifs is 1. The molecule has 3 aromatic rings. The third-order valence-electron chi connectivity index (χ3n) is 2.47. The molecular weight excluding hydrogens is 246 g/mol. The van der Waals surface area contributed by atoms with Crippen molar-refractivity contribution in [2.24, 2.45) is 0 Å². The van der Waals surface area contributed by atoms with Crippen molar-refractivity contribution in [1.82, 2.24) is 9.97 Å². The van der Waals surface area contributed by atoms with Crippen molar-refractivity contribution in [3.05, 3.63) is 42.2 Å². The number of hydrogen-bond acceptors (Lipinski definition) is 5. The van der Waals surface area contributed by atoms with Crippen molar-refractivity contribution >= 4 is 28.5 Å². The molecule has 0 saturated carbocycles. The van der Waals surface area contributed by atoms with Crippen molar-refractivity contribution in [2.45, 2.75) is 17.0 Å². The van der Waals surface area contributed by atoms with Gasteiger partial charge in [-0.3, -0.25) is 4.98 Å². The lowest BCUT2D eigenvalue weighted by atomic mass is 10.3. The van der Waals surface area contributed by atoms with Crippen LogP contribution in [-0.2, 0) is 0 Å². The molecule has 0 aliphatic heterocycles. The standard InChI is InChI=1S/C13H11N3OS/c1-8-6-10(4-5-15-8)18-13-16-11-7-9(14)2-3-12(11)17-13/h2-7H,14H2,1H3. The Labute approximate surface area is 108 Å². The fourth-order valence-electron chi connectivity index (χ4n) is 1.65. The van der Waals surface area contributed by atoms with E-state index in [1.807, 2.05) is 25.1 Å². The van der Waals surface area contributed by atoms with Gasteiger partial charge in [0.1, 0.15) is 5.52 Å². The van der Waals surface area contributed by atoms with Crippen LogP contribution in [0.5, 0.6) is 0 Å². The van der Waals surface area contributed by atoms with Crippen molar-refractivity contribution in [2.75, 3.05) is 5.73 Å². The summed E-state index contributed by atoms with van der Waals surface area (Å²) in [5.74, 6) is 0. The van der Waals surface area contributed by atoms with Crippen LogP contribution in [0.2, 0.25) is 0 Å². The maximum atomic E-state index is 5.71. The summed E-state index contributed by atoms with van der Waals surface area (Å²) in [6, 6.07) is 9.37. The molecule has 0 saturated heterocycles. The Kier molecular flexibility index (Phi) is 2.68. The van der Waals surface area contributed by atoms with Crippen LogP contribution in [0.3, 0.4) is 0 Å². The van der Waals surface area contributed by atoms with E-state index >= 15 is 0 Å². The van der Waals surface area contributed by atoms with Crippen molar-refractivity contribution in [1.29, 1.82) is 0 Å². The van der Waals surface area contributed by atoms with Gasteiger partial charge in [0.25, 0.3) is 5.22 Å². The summed E-state index contributed by atoms with van der Waals surface area (Å²) < 4.78 is 5.64. The van der Waals surface area contributed by atoms with E-state index in [1.165, 1.54) is 11.8 Å². The molecule has 90 valence electrons. The summed E-state index contributed by atoms with van der Waals surface area (Å²) in [5, 5.41) is 0.612. The summed E-state index contributed by atoms with van der Waals surface area (Å²) in [4.78, 5) is 9.61. The van der Waals surface area contributed by atoms with E-state index in [4.69, 9.17) is 10.2 Å². The second kappa shape index (κ2) is 4.34. The van der Waals surface area contributed by atoms with Crippen LogP contribution in [0, 0.1) is 6.92 Å². The molecule has 0 spiro atoms. The Hall–Kier alpha value is -2.01. The van der Waals surface area contributed by atoms with Crippen LogP contribution in [0.1, 0.15) is 5.69 Å². The van der Waals surface area contributed by atoms with Gasteiger partial charge in [-0.25, -0.2) is 4.98 Å². The van der Waals surface area contributed by atoms with E-state index < -0.39 is 0 Å². The number of nitrogen functional groups attached to an aromatic ring is 1. The molecule has 1 aromatic carbocycles. The minimum atomic E-state index is 0.612. The minimum Gasteiger partial charge on any atom is -0.431 e. The maximum absolute atomic E-state index is 5.71. The number of aromatic nitrogens is 2. The molecule has 0 aliphatic carbocycles. The number of pyridine rings is 1. The normalized spacial score (nSPS) is 10.9. The second-order valence-corrected chi connectivity index (χ2v) is 4.97. The molecule has 0 amide bonds. The first-order valence-corrected chi connectivity index (χ1v) is 6.29. The SMILES string of the molecule is Cc1cc(Sc2nc3cc(N)ccc3o2)ccn1. The Balaban J connectivity index is 1.95. The number of benzene rings is 1. The lowest BCUT2D eigenvalue weighted by Gasteiger charge is -1.96. The van der Waals surface area contributed by atoms with E-state index in [9.17, 15) is 0 Å². The average molecular weight is 257 g/mol. The van der Waals surface area contributed by atoms with E-state index in [-0.39, 0.29) is 0 Å². The topological polar surface area (TPSA) is 64.9 Å². The first-order chi connectivity index (χ1) is 8.70. The number of aryl methyl sites for hydroxylation is 1. The Morgan fingerprint density at radius 2 is 2.11 bits per heavy atom. The number of oxazole rings is 1. The first-order valence-electron chi connectivity index (χ1n) is 5.47. The highest BCUT2D eigenvalue weighted by molar-refractivity contribution is 7.99. The predicted octanol–water partition coefficient (Wildman–Crippen LogP) is 3.26. The molecule has 5 heteroatoms. The number of nitrogens with two attached hydrogens (primary N) is 1. The zero-order chi connectivity index (χ0) is 12.5. The van der Waals surface area contributed by atoms with Crippen LogP contribution in [-0.4, -0.2) is 9.97 Å². The van der Waals surface area contributed by atoms with Crippen LogP contribution >= 0.6 is 11.8 Å². The molecule has 4 nitrogen and oxygen atoms in total. The summed E-state index contributed by atoms with van der Waals surface area (Å²) in [6.07, 6.45) is 1.78. The fourth-order valence-corrected chi connectivity index (χ4v) is 2.49. The Morgan fingerprint density at radius 3 is 2.94 bits per heavy atom. The number of anilines is 1. The van der Waals surface area contributed by atoms with Gasteiger partial charge in [0.2, 0.25) is 0 Å². The largest absolute Gasteiger partial charge is 0.431 e. The number of rotatable bonds is 2. The first kappa shape index (κ1) is 11.1. The minimum absolute atomic E-state index is 0.612. The van der Waals surface area contributed by atoms with Crippen molar-refractivity contribution in [3.8, 4) is 0 Å². The molecule has 2 heterocycles. The summed E-state index contributed by atoms with van der Waals surface area (Å²) in [7, 11) is 0. The molecule has 0 unspecified atom stereocenters. The van der Waals surface area contributed by atoms with Crippen LogP contribution < -0.4 is 5.73 Å². The zero-order valence-electron chi connectivity index (χ0n) is 9.75. The average Bonchev–Trinajstić information content (AvgIpc) is 2.70. The Bertz CT molecular complexity index is 708. The van der Waals surface area contributed by atoms with Gasteiger partial charge in [-0.1, -0.05) is 0 Å². The van der Waals surface area contributed by atoms with E-state index in [0.29, 0.717) is 10.9 Å². The number of hydrogen-bond donors (Lipinski definition) is 1. The molecule has 0 atom stereocenters. The highest BCUT2D eigenvalue weighted by Gasteiger charge is 2.07. The quantitative estimate of drug-likeness (QED) is 0.714. The van der Waals surface area contributed by atoms with Crippen LogP contribution in [0.25, 0.3) is 11.1 Å². The summed E-state index contributed by atoms with van der Waals surface area (Å²) in [6.45, 7) is 1.96. The van der Waals surface area contributed by atoms with Gasteiger partial charge in [-0.2, -0.15) is 0 Å². The van der Waals surface area contributed by atoms with E-state index in [2.05, 4.69) is 9.97 Å². The number of nitrogens with zero attached hydrogens (tertiary/aromatic N) is 2. The maximum Gasteiger partial charge on any atom is 0.261 e. The van der Waals surface area contributed by atoms with Gasteiger partial charge >= 0.3 is 0 Å². The smallest absolute Gasteiger partial charge is 0.261 e. The van der Waals surface area contributed by atoms with Crippen molar-refractivity contribution in [3.63, 3.8) is 0 Å². The molecule has 18 heavy (non-hydrogen) atoms. The molecule has 0 bridgehead atoms. The molecule has 0 aliphatic rings. The van der Waals surface area contributed by atoms with Gasteiger partial charge in [-0.15, -0.1) is 0 Å².